The molecule has 0 atom stereocenters. The van der Waals surface area contributed by atoms with E-state index >= 15 is 0 Å². The largest absolute Gasteiger partial charge is 0.457 e. The van der Waals surface area contributed by atoms with Crippen LogP contribution in [0, 0.1) is 5.82 Å². The number of rotatable bonds is 3. The van der Waals surface area contributed by atoms with Crippen molar-refractivity contribution >= 4 is 32.9 Å². The molecule has 132 valence electrons. The first-order valence-corrected chi connectivity index (χ1v) is 9.01. The van der Waals surface area contributed by atoms with Crippen molar-refractivity contribution in [1.29, 1.82) is 0 Å². The molecule has 1 heterocycles. The molecule has 26 heavy (non-hydrogen) atoms. The van der Waals surface area contributed by atoms with E-state index in [1.54, 1.807) is 0 Å². The molecule has 4 nitrogen and oxygen atoms in total. The molecular weight excluding hydrogens is 403 g/mol. The third-order valence-electron chi connectivity index (χ3n) is 4.55. The smallest absolute Gasteiger partial charge is 0.341 e. The van der Waals surface area contributed by atoms with Crippen LogP contribution in [0.4, 0.5) is 4.39 Å². The van der Waals surface area contributed by atoms with E-state index in [-0.39, 0.29) is 12.2 Å². The highest BCUT2D eigenvalue weighted by Crippen LogP contribution is 2.29. The summed E-state index contributed by atoms with van der Waals surface area (Å²) in [5.41, 5.74) is 2.78. The molecule has 3 aromatic rings. The minimum absolute atomic E-state index is 0.133. The molecule has 2 aromatic carbocycles. The molecule has 6 heteroatoms. The van der Waals surface area contributed by atoms with Crippen molar-refractivity contribution in [3.63, 3.8) is 0 Å². The van der Waals surface area contributed by atoms with Crippen LogP contribution in [0.3, 0.4) is 0 Å². The third kappa shape index (κ3) is 3.17. The Balaban J connectivity index is 1.66. The number of benzene rings is 2. The fraction of sp³-hybridized carbons (Fsp3) is 0.200. The topological polar surface area (TPSA) is 56.5 Å². The third-order valence-corrected chi connectivity index (χ3v) is 5.04. The Morgan fingerprint density at radius 2 is 1.92 bits per heavy atom. The SMILES string of the molecule is O=C(OCc1cc(=O)oc2cc3c(cc12)CCC3)c1cc(Br)ccc1F. The van der Waals surface area contributed by atoms with E-state index in [2.05, 4.69) is 15.9 Å². The highest BCUT2D eigenvalue weighted by molar-refractivity contribution is 9.10. The zero-order chi connectivity index (χ0) is 18.3. The van der Waals surface area contributed by atoms with Gasteiger partial charge in [-0.05, 0) is 60.7 Å². The summed E-state index contributed by atoms with van der Waals surface area (Å²) < 4.78 is 24.9. The average Bonchev–Trinajstić information content (AvgIpc) is 3.07. The average molecular weight is 417 g/mol. The zero-order valence-corrected chi connectivity index (χ0v) is 15.3. The fourth-order valence-electron chi connectivity index (χ4n) is 3.29. The molecule has 0 fully saturated rings. The molecule has 0 N–H and O–H groups in total. The molecule has 0 aliphatic heterocycles. The summed E-state index contributed by atoms with van der Waals surface area (Å²) in [6.07, 6.45) is 3.02. The van der Waals surface area contributed by atoms with Crippen LogP contribution in [0.1, 0.15) is 33.5 Å². The Bertz CT molecular complexity index is 1090. The molecule has 1 aliphatic carbocycles. The van der Waals surface area contributed by atoms with Crippen LogP contribution in [0.2, 0.25) is 0 Å². The van der Waals surface area contributed by atoms with E-state index in [0.717, 1.165) is 24.6 Å². The monoisotopic (exact) mass is 416 g/mol. The quantitative estimate of drug-likeness (QED) is 0.464. The van der Waals surface area contributed by atoms with Crippen molar-refractivity contribution in [3.8, 4) is 0 Å². The Kier molecular flexibility index (Phi) is 4.36. The zero-order valence-electron chi connectivity index (χ0n) is 13.7. The van der Waals surface area contributed by atoms with Gasteiger partial charge in [0.15, 0.2) is 0 Å². The van der Waals surface area contributed by atoms with Gasteiger partial charge in [0.1, 0.15) is 18.0 Å². The van der Waals surface area contributed by atoms with Crippen LogP contribution >= 0.6 is 15.9 Å². The van der Waals surface area contributed by atoms with Gasteiger partial charge in [-0.2, -0.15) is 0 Å². The number of carbonyl (C=O) groups excluding carboxylic acids is 1. The molecule has 0 bridgehead atoms. The summed E-state index contributed by atoms with van der Waals surface area (Å²) in [6.45, 7) is -0.133. The molecular formula is C20H14BrFO4. The van der Waals surface area contributed by atoms with Gasteiger partial charge < -0.3 is 9.15 Å². The molecule has 1 aliphatic rings. The number of fused-ring (bicyclic) bond motifs is 2. The van der Waals surface area contributed by atoms with Crippen molar-refractivity contribution in [3.05, 3.63) is 79.4 Å². The Morgan fingerprint density at radius 3 is 2.73 bits per heavy atom. The molecule has 0 saturated heterocycles. The van der Waals surface area contributed by atoms with Crippen molar-refractivity contribution in [2.75, 3.05) is 0 Å². The lowest BCUT2D eigenvalue weighted by atomic mass is 10.0. The maximum Gasteiger partial charge on any atom is 0.341 e. The van der Waals surface area contributed by atoms with E-state index in [4.69, 9.17) is 9.15 Å². The lowest BCUT2D eigenvalue weighted by molar-refractivity contribution is 0.0468. The predicted molar refractivity (Wildman–Crippen MR) is 97.7 cm³/mol. The lowest BCUT2D eigenvalue weighted by Crippen LogP contribution is -2.09. The summed E-state index contributed by atoms with van der Waals surface area (Å²) in [4.78, 5) is 24.1. The number of halogens is 2. The summed E-state index contributed by atoms with van der Waals surface area (Å²) in [6, 6.07) is 9.25. The maximum absolute atomic E-state index is 13.8. The van der Waals surface area contributed by atoms with Gasteiger partial charge in [0.05, 0.1) is 5.56 Å². The maximum atomic E-state index is 13.8. The van der Waals surface area contributed by atoms with Crippen molar-refractivity contribution in [1.82, 2.24) is 0 Å². The lowest BCUT2D eigenvalue weighted by Gasteiger charge is -2.09. The summed E-state index contributed by atoms with van der Waals surface area (Å²) in [7, 11) is 0. The van der Waals surface area contributed by atoms with Gasteiger partial charge >= 0.3 is 11.6 Å². The van der Waals surface area contributed by atoms with Gasteiger partial charge in [0, 0.05) is 21.5 Å². The van der Waals surface area contributed by atoms with Crippen LogP contribution in [0.15, 0.2) is 50.1 Å². The highest BCUT2D eigenvalue weighted by atomic mass is 79.9. The first-order chi connectivity index (χ1) is 12.5. The number of aryl methyl sites for hydroxylation is 2. The first kappa shape index (κ1) is 17.0. The molecule has 0 radical (unpaired) electrons. The number of ether oxygens (including phenoxy) is 1. The second-order valence-electron chi connectivity index (χ2n) is 6.26. The summed E-state index contributed by atoms with van der Waals surface area (Å²) in [5.74, 6) is -1.44. The van der Waals surface area contributed by atoms with Gasteiger partial charge in [-0.15, -0.1) is 0 Å². The second kappa shape index (κ2) is 6.68. The van der Waals surface area contributed by atoms with E-state index in [1.807, 2.05) is 12.1 Å². The Labute approximate surface area is 156 Å². The number of esters is 1. The first-order valence-electron chi connectivity index (χ1n) is 8.22. The number of carbonyl (C=O) groups is 1. The van der Waals surface area contributed by atoms with Gasteiger partial charge in [0.2, 0.25) is 0 Å². The number of hydrogen-bond donors (Lipinski definition) is 0. The normalized spacial score (nSPS) is 13.0. The van der Waals surface area contributed by atoms with Crippen molar-refractivity contribution < 1.29 is 18.3 Å². The van der Waals surface area contributed by atoms with E-state index in [9.17, 15) is 14.0 Å². The van der Waals surface area contributed by atoms with Crippen molar-refractivity contribution in [2.45, 2.75) is 25.9 Å². The molecule has 0 unspecified atom stereocenters. The van der Waals surface area contributed by atoms with E-state index < -0.39 is 17.4 Å². The number of hydrogen-bond acceptors (Lipinski definition) is 4. The van der Waals surface area contributed by atoms with Crippen LogP contribution in [0.5, 0.6) is 0 Å². The van der Waals surface area contributed by atoms with Crippen LogP contribution in [-0.2, 0) is 24.2 Å². The molecule has 0 spiro atoms. The van der Waals surface area contributed by atoms with Gasteiger partial charge in [-0.1, -0.05) is 15.9 Å². The van der Waals surface area contributed by atoms with Crippen LogP contribution in [-0.4, -0.2) is 5.97 Å². The molecule has 0 saturated carbocycles. The Hall–Kier alpha value is -2.47. The standard InChI is InChI=1S/C20H14BrFO4/c21-14-4-5-17(22)16(9-14)20(24)25-10-13-8-19(23)26-18-7-12-3-1-2-11(12)6-15(13)18/h4-9H,1-3,10H2. The minimum atomic E-state index is -0.786. The molecule has 0 amide bonds. The molecule has 4 rings (SSSR count). The fourth-order valence-corrected chi connectivity index (χ4v) is 3.65. The van der Waals surface area contributed by atoms with Crippen molar-refractivity contribution in [2.24, 2.45) is 0 Å². The minimum Gasteiger partial charge on any atom is -0.457 e. The van der Waals surface area contributed by atoms with Gasteiger partial charge in [0.25, 0.3) is 0 Å². The van der Waals surface area contributed by atoms with Gasteiger partial charge in [-0.25, -0.2) is 14.0 Å². The van der Waals surface area contributed by atoms with Gasteiger partial charge in [-0.3, -0.25) is 0 Å². The van der Waals surface area contributed by atoms with E-state index in [1.165, 1.54) is 35.4 Å². The second-order valence-corrected chi connectivity index (χ2v) is 7.18. The predicted octanol–water partition coefficient (Wildman–Crippen LogP) is 4.54. The summed E-state index contributed by atoms with van der Waals surface area (Å²) >= 11 is 3.20. The summed E-state index contributed by atoms with van der Waals surface area (Å²) in [5, 5.41) is 0.743. The van der Waals surface area contributed by atoms with Crippen LogP contribution in [0.25, 0.3) is 11.0 Å². The van der Waals surface area contributed by atoms with Crippen LogP contribution < -0.4 is 5.63 Å². The van der Waals surface area contributed by atoms with E-state index in [0.29, 0.717) is 15.6 Å². The highest BCUT2D eigenvalue weighted by Gasteiger charge is 2.17. The molecule has 1 aromatic heterocycles. The Morgan fingerprint density at radius 1 is 1.15 bits per heavy atom.